The van der Waals surface area contributed by atoms with Crippen molar-refractivity contribution in [3.8, 4) is 0 Å². The molecule has 0 aliphatic heterocycles. The predicted octanol–water partition coefficient (Wildman–Crippen LogP) is 6.04. The van der Waals surface area contributed by atoms with E-state index in [1.807, 2.05) is 0 Å². The van der Waals surface area contributed by atoms with Crippen molar-refractivity contribution >= 4 is 5.97 Å². The van der Waals surface area contributed by atoms with Crippen molar-refractivity contribution in [2.24, 2.45) is 23.7 Å². The van der Waals surface area contributed by atoms with Gasteiger partial charge < -0.3 is 5.11 Å². The molecule has 0 aromatic carbocycles. The molecule has 2 aliphatic carbocycles. The highest BCUT2D eigenvalue weighted by atomic mass is 16.4. The third kappa shape index (κ3) is 7.15. The molecule has 2 rings (SSSR count). The molecular weight excluding hydrogens is 272 g/mol. The molecule has 2 nitrogen and oxygen atoms in total. The second-order valence-corrected chi connectivity index (χ2v) is 7.94. The van der Waals surface area contributed by atoms with E-state index in [9.17, 15) is 4.79 Å². The molecule has 4 atom stereocenters. The maximum Gasteiger partial charge on any atom is 0.303 e. The summed E-state index contributed by atoms with van der Waals surface area (Å²) in [6, 6.07) is 0. The number of carbonyl (C=O) groups is 1. The van der Waals surface area contributed by atoms with Crippen LogP contribution in [0.4, 0.5) is 0 Å². The van der Waals surface area contributed by atoms with Crippen LogP contribution < -0.4 is 0 Å². The van der Waals surface area contributed by atoms with E-state index in [1.165, 1.54) is 64.2 Å². The summed E-state index contributed by atoms with van der Waals surface area (Å²) < 4.78 is 0. The van der Waals surface area contributed by atoms with Gasteiger partial charge in [0.25, 0.3) is 0 Å². The highest BCUT2D eigenvalue weighted by Crippen LogP contribution is 2.54. The molecule has 0 radical (unpaired) electrons. The Morgan fingerprint density at radius 2 is 1.36 bits per heavy atom. The third-order valence-electron chi connectivity index (χ3n) is 5.89. The fraction of sp³-hybridized carbons (Fsp3) is 0.950. The van der Waals surface area contributed by atoms with E-state index in [0.717, 1.165) is 36.5 Å². The average Bonchev–Trinajstić information content (AvgIpc) is 3.38. The van der Waals surface area contributed by atoms with E-state index in [4.69, 9.17) is 5.11 Å². The number of hydrogen-bond donors (Lipinski definition) is 1. The van der Waals surface area contributed by atoms with Crippen molar-refractivity contribution in [2.45, 2.75) is 96.8 Å². The van der Waals surface area contributed by atoms with Crippen LogP contribution in [0.25, 0.3) is 0 Å². The van der Waals surface area contributed by atoms with Gasteiger partial charge in [0.15, 0.2) is 0 Å². The summed E-state index contributed by atoms with van der Waals surface area (Å²) in [5, 5.41) is 8.58. The molecule has 2 aliphatic rings. The Kier molecular flexibility index (Phi) is 7.75. The molecule has 0 unspecified atom stereocenters. The quantitative estimate of drug-likeness (QED) is 0.397. The minimum Gasteiger partial charge on any atom is -0.481 e. The summed E-state index contributed by atoms with van der Waals surface area (Å²) in [7, 11) is 0. The number of rotatable bonds is 14. The van der Waals surface area contributed by atoms with E-state index in [2.05, 4.69) is 6.92 Å². The van der Waals surface area contributed by atoms with Crippen molar-refractivity contribution < 1.29 is 9.90 Å². The first-order chi connectivity index (χ1) is 10.7. The molecule has 0 amide bonds. The van der Waals surface area contributed by atoms with Crippen molar-refractivity contribution in [1.82, 2.24) is 0 Å². The lowest BCUT2D eigenvalue weighted by Crippen LogP contribution is -1.93. The zero-order chi connectivity index (χ0) is 15.8. The number of carboxylic acids is 1. The summed E-state index contributed by atoms with van der Waals surface area (Å²) in [6.45, 7) is 2.30. The maximum atomic E-state index is 10.4. The third-order valence-corrected chi connectivity index (χ3v) is 5.89. The van der Waals surface area contributed by atoms with Crippen molar-refractivity contribution in [1.29, 1.82) is 0 Å². The summed E-state index contributed by atoms with van der Waals surface area (Å²) in [5.41, 5.74) is 0. The Labute approximate surface area is 137 Å². The van der Waals surface area contributed by atoms with Gasteiger partial charge in [-0.2, -0.15) is 0 Å². The van der Waals surface area contributed by atoms with Crippen LogP contribution in [-0.2, 0) is 4.79 Å². The van der Waals surface area contributed by atoms with Crippen LogP contribution in [0.1, 0.15) is 96.8 Å². The van der Waals surface area contributed by atoms with E-state index >= 15 is 0 Å². The van der Waals surface area contributed by atoms with E-state index in [-0.39, 0.29) is 0 Å². The Morgan fingerprint density at radius 1 is 0.818 bits per heavy atom. The van der Waals surface area contributed by atoms with Crippen LogP contribution >= 0.6 is 0 Å². The van der Waals surface area contributed by atoms with Gasteiger partial charge in [-0.1, -0.05) is 64.7 Å². The van der Waals surface area contributed by atoms with E-state index in [1.54, 1.807) is 6.42 Å². The minimum atomic E-state index is -0.645. The largest absolute Gasteiger partial charge is 0.481 e. The second kappa shape index (κ2) is 9.57. The maximum absolute atomic E-state index is 10.4. The van der Waals surface area contributed by atoms with Gasteiger partial charge in [-0.3, -0.25) is 4.79 Å². The summed E-state index contributed by atoms with van der Waals surface area (Å²) >= 11 is 0. The van der Waals surface area contributed by atoms with Gasteiger partial charge in [0.1, 0.15) is 0 Å². The molecule has 2 saturated carbocycles. The van der Waals surface area contributed by atoms with Gasteiger partial charge in [0, 0.05) is 6.42 Å². The molecule has 0 bridgehead atoms. The van der Waals surface area contributed by atoms with Crippen LogP contribution in [0.5, 0.6) is 0 Å². The Balaban J connectivity index is 1.36. The highest BCUT2D eigenvalue weighted by molar-refractivity contribution is 5.66. The molecule has 0 heterocycles. The van der Waals surface area contributed by atoms with Crippen LogP contribution in [0.2, 0.25) is 0 Å². The lowest BCUT2D eigenvalue weighted by molar-refractivity contribution is -0.137. The van der Waals surface area contributed by atoms with Crippen molar-refractivity contribution in [3.63, 3.8) is 0 Å². The predicted molar refractivity (Wildman–Crippen MR) is 91.9 cm³/mol. The smallest absolute Gasteiger partial charge is 0.303 e. The molecule has 22 heavy (non-hydrogen) atoms. The topological polar surface area (TPSA) is 37.3 Å². The highest BCUT2D eigenvalue weighted by Gasteiger charge is 2.44. The zero-order valence-electron chi connectivity index (χ0n) is 14.6. The van der Waals surface area contributed by atoms with Crippen molar-refractivity contribution in [3.05, 3.63) is 0 Å². The SMILES string of the molecule is CCCCC[C@H]1C[C@H]1C[C@H]1C[C@H]1CCCCCCCC(=O)O. The van der Waals surface area contributed by atoms with Crippen LogP contribution in [0.3, 0.4) is 0 Å². The van der Waals surface area contributed by atoms with Gasteiger partial charge in [-0.15, -0.1) is 0 Å². The van der Waals surface area contributed by atoms with Gasteiger partial charge in [-0.25, -0.2) is 0 Å². The molecule has 0 saturated heterocycles. The zero-order valence-corrected chi connectivity index (χ0v) is 14.6. The normalized spacial score (nSPS) is 29.5. The lowest BCUT2D eigenvalue weighted by atomic mass is 10.0. The first-order valence-electron chi connectivity index (χ1n) is 9.92. The fourth-order valence-corrected chi connectivity index (χ4v) is 4.16. The number of aliphatic carboxylic acids is 1. The van der Waals surface area contributed by atoms with Gasteiger partial charge in [0.2, 0.25) is 0 Å². The molecule has 128 valence electrons. The molecule has 1 N–H and O–H groups in total. The molecule has 2 fully saturated rings. The average molecular weight is 309 g/mol. The number of carboxylic acid groups (broad SMARTS) is 1. The first kappa shape index (κ1) is 17.8. The van der Waals surface area contributed by atoms with Gasteiger partial charge >= 0.3 is 5.97 Å². The second-order valence-electron chi connectivity index (χ2n) is 7.94. The summed E-state index contributed by atoms with van der Waals surface area (Å²) in [5.74, 6) is 3.68. The van der Waals surface area contributed by atoms with E-state index < -0.39 is 5.97 Å². The Bertz CT molecular complexity index is 326. The lowest BCUT2D eigenvalue weighted by Gasteiger charge is -2.02. The molecular formula is C20H36O2. The Hall–Kier alpha value is -0.530. The summed E-state index contributed by atoms with van der Waals surface area (Å²) in [4.78, 5) is 10.4. The monoisotopic (exact) mass is 308 g/mol. The summed E-state index contributed by atoms with van der Waals surface area (Å²) in [6.07, 6.45) is 18.0. The van der Waals surface area contributed by atoms with Gasteiger partial charge in [-0.05, 0) is 49.4 Å². The first-order valence-corrected chi connectivity index (χ1v) is 9.92. The molecule has 0 aromatic heterocycles. The number of hydrogen-bond acceptors (Lipinski definition) is 1. The molecule has 2 heteroatoms. The standard InChI is InChI=1S/C20H36O2/c1-2-3-7-10-16-13-18(16)15-19-14-17(19)11-8-5-4-6-9-12-20(21)22/h16-19H,2-15H2,1H3,(H,21,22)/t16-,17+,18-,19+/m0/s1. The Morgan fingerprint density at radius 3 is 1.95 bits per heavy atom. The fourth-order valence-electron chi connectivity index (χ4n) is 4.16. The molecule has 0 aromatic rings. The van der Waals surface area contributed by atoms with Crippen LogP contribution in [0.15, 0.2) is 0 Å². The number of unbranched alkanes of at least 4 members (excludes halogenated alkanes) is 6. The van der Waals surface area contributed by atoms with Gasteiger partial charge in [0.05, 0.1) is 0 Å². The molecule has 0 spiro atoms. The van der Waals surface area contributed by atoms with Crippen molar-refractivity contribution in [2.75, 3.05) is 0 Å². The van der Waals surface area contributed by atoms with Crippen LogP contribution in [-0.4, -0.2) is 11.1 Å². The van der Waals surface area contributed by atoms with Crippen LogP contribution in [0, 0.1) is 23.7 Å². The van der Waals surface area contributed by atoms with E-state index in [0.29, 0.717) is 6.42 Å². The minimum absolute atomic E-state index is 0.353.